The van der Waals surface area contributed by atoms with Crippen molar-refractivity contribution in [3.8, 4) is 0 Å². The van der Waals surface area contributed by atoms with E-state index in [0.717, 1.165) is 49.2 Å². The van der Waals surface area contributed by atoms with E-state index in [2.05, 4.69) is 20.6 Å². The van der Waals surface area contributed by atoms with Crippen molar-refractivity contribution in [3.63, 3.8) is 0 Å². The van der Waals surface area contributed by atoms with Crippen molar-refractivity contribution >= 4 is 41.3 Å². The van der Waals surface area contributed by atoms with Gasteiger partial charge in [-0.2, -0.15) is 13.2 Å². The zero-order valence-corrected chi connectivity index (χ0v) is 17.6. The van der Waals surface area contributed by atoms with E-state index in [9.17, 15) is 13.2 Å². The van der Waals surface area contributed by atoms with E-state index in [0.29, 0.717) is 24.1 Å². The Morgan fingerprint density at radius 1 is 1.38 bits per heavy atom. The zero-order chi connectivity index (χ0) is 18.1. The molecule has 2 rings (SSSR count). The first-order valence-electron chi connectivity index (χ1n) is 8.14. The second-order valence-electron chi connectivity index (χ2n) is 5.51. The topological polar surface area (TPSA) is 67.8 Å². The molecule has 2 N–H and O–H groups in total. The van der Waals surface area contributed by atoms with Crippen LogP contribution in [0.5, 0.6) is 0 Å². The van der Waals surface area contributed by atoms with E-state index in [1.54, 1.807) is 7.05 Å². The van der Waals surface area contributed by atoms with Crippen molar-refractivity contribution in [2.24, 2.45) is 4.99 Å². The number of guanidine groups is 1. The van der Waals surface area contributed by atoms with Gasteiger partial charge < -0.3 is 20.1 Å². The summed E-state index contributed by atoms with van der Waals surface area (Å²) < 4.78 is 48.6. The van der Waals surface area contributed by atoms with Gasteiger partial charge in [0.25, 0.3) is 0 Å². The molecule has 0 radical (unpaired) electrons. The highest BCUT2D eigenvalue weighted by Crippen LogP contribution is 2.29. The van der Waals surface area contributed by atoms with Gasteiger partial charge in [-0.1, -0.05) is 0 Å². The van der Waals surface area contributed by atoms with Gasteiger partial charge in [-0.15, -0.1) is 35.3 Å². The summed E-state index contributed by atoms with van der Waals surface area (Å²) in [6.07, 6.45) is -1.44. The molecular weight excluding hydrogens is 484 g/mol. The van der Waals surface area contributed by atoms with E-state index in [1.165, 1.54) is 0 Å². The number of halogens is 4. The maximum absolute atomic E-state index is 12.5. The van der Waals surface area contributed by atoms with Gasteiger partial charge in [0.2, 0.25) is 0 Å². The minimum atomic E-state index is -4.40. The van der Waals surface area contributed by atoms with Gasteiger partial charge in [0.05, 0.1) is 12.6 Å². The lowest BCUT2D eigenvalue weighted by atomic mass is 10.1. The van der Waals surface area contributed by atoms with Gasteiger partial charge in [0.15, 0.2) is 11.7 Å². The summed E-state index contributed by atoms with van der Waals surface area (Å²) in [5, 5.41) is 7.43. The molecule has 150 valence electrons. The van der Waals surface area contributed by atoms with Gasteiger partial charge in [-0.05, 0) is 19.3 Å². The van der Waals surface area contributed by atoms with E-state index < -0.39 is 11.9 Å². The van der Waals surface area contributed by atoms with Crippen molar-refractivity contribution in [2.45, 2.75) is 38.1 Å². The van der Waals surface area contributed by atoms with Gasteiger partial charge >= 0.3 is 6.18 Å². The Morgan fingerprint density at radius 3 is 2.73 bits per heavy atom. The maximum atomic E-state index is 12.5. The van der Waals surface area contributed by atoms with E-state index >= 15 is 0 Å². The summed E-state index contributed by atoms with van der Waals surface area (Å²) in [4.78, 5) is 7.61. The molecular formula is C15H24F3IN4O2S. The average molecular weight is 508 g/mol. The molecule has 1 aromatic rings. The Labute approximate surface area is 172 Å². The molecule has 6 nitrogen and oxygen atoms in total. The van der Waals surface area contributed by atoms with Crippen molar-refractivity contribution in [1.82, 2.24) is 15.6 Å². The smallest absolute Gasteiger partial charge is 0.381 e. The van der Waals surface area contributed by atoms with Crippen LogP contribution >= 0.6 is 35.3 Å². The van der Waals surface area contributed by atoms with Crippen molar-refractivity contribution in [1.29, 1.82) is 0 Å². The van der Waals surface area contributed by atoms with Crippen LogP contribution in [0.4, 0.5) is 13.2 Å². The van der Waals surface area contributed by atoms with Crippen LogP contribution in [0.3, 0.4) is 0 Å². The first-order chi connectivity index (χ1) is 12.0. The predicted octanol–water partition coefficient (Wildman–Crippen LogP) is 3.03. The van der Waals surface area contributed by atoms with Crippen LogP contribution < -0.4 is 10.6 Å². The minimum Gasteiger partial charge on any atom is -0.381 e. The molecule has 1 aliphatic rings. The third-order valence-corrected chi connectivity index (χ3v) is 4.46. The molecule has 2 heterocycles. The lowest BCUT2D eigenvalue weighted by Gasteiger charge is -2.22. The summed E-state index contributed by atoms with van der Waals surface area (Å²) in [5.41, 5.74) is -0.859. The van der Waals surface area contributed by atoms with Gasteiger partial charge in [0.1, 0.15) is 5.01 Å². The second kappa shape index (κ2) is 11.9. The van der Waals surface area contributed by atoms with Crippen LogP contribution in [0.15, 0.2) is 10.4 Å². The number of ether oxygens (including phenoxy) is 2. The fourth-order valence-corrected chi connectivity index (χ4v) is 3.01. The summed E-state index contributed by atoms with van der Waals surface area (Å²) in [7, 11) is 1.61. The summed E-state index contributed by atoms with van der Waals surface area (Å²) >= 11 is 0.970. The number of nitrogens with one attached hydrogen (secondary N) is 2. The fraction of sp³-hybridized carbons (Fsp3) is 0.733. The van der Waals surface area contributed by atoms with E-state index in [4.69, 9.17) is 9.47 Å². The molecule has 1 aromatic heterocycles. The molecule has 0 spiro atoms. The maximum Gasteiger partial charge on any atom is 0.434 e. The van der Waals surface area contributed by atoms with Crippen LogP contribution in [0.1, 0.15) is 30.0 Å². The molecule has 1 aliphatic heterocycles. The third kappa shape index (κ3) is 8.35. The molecule has 11 heteroatoms. The van der Waals surface area contributed by atoms with Crippen LogP contribution in [-0.2, 0) is 22.2 Å². The number of rotatable bonds is 7. The first-order valence-corrected chi connectivity index (χ1v) is 9.02. The predicted molar refractivity (Wildman–Crippen MR) is 105 cm³/mol. The van der Waals surface area contributed by atoms with Gasteiger partial charge in [-0.25, -0.2) is 4.98 Å². The number of thiazole rings is 1. The molecule has 0 aromatic carbocycles. The first kappa shape index (κ1) is 23.4. The highest BCUT2D eigenvalue weighted by molar-refractivity contribution is 14.0. The zero-order valence-electron chi connectivity index (χ0n) is 14.5. The van der Waals surface area contributed by atoms with Crippen LogP contribution in [0.25, 0.3) is 0 Å². The standard InChI is InChI=1S/C15H23F3N4O2S.HI/c1-19-14(20-5-2-6-24-11-3-7-23-8-4-11)21-9-13-22-12(10-25-13)15(16,17)18;/h10-11H,2-9H2,1H3,(H2,19,20,21);1H. The number of nitrogens with zero attached hydrogens (tertiary/aromatic N) is 2. The van der Waals surface area contributed by atoms with Crippen molar-refractivity contribution in [3.05, 3.63) is 16.1 Å². The van der Waals surface area contributed by atoms with E-state index in [1.807, 2.05) is 0 Å². The number of aromatic nitrogens is 1. The van der Waals surface area contributed by atoms with Crippen molar-refractivity contribution in [2.75, 3.05) is 33.4 Å². The lowest BCUT2D eigenvalue weighted by molar-refractivity contribution is -0.140. The normalized spacial score (nSPS) is 16.2. The minimum absolute atomic E-state index is 0. The number of hydrogen-bond acceptors (Lipinski definition) is 5. The molecule has 26 heavy (non-hydrogen) atoms. The third-order valence-electron chi connectivity index (χ3n) is 3.61. The highest BCUT2D eigenvalue weighted by atomic mass is 127. The SMILES string of the molecule is CN=C(NCCCOC1CCOCC1)NCc1nc(C(F)(F)F)cs1.I. The van der Waals surface area contributed by atoms with Crippen LogP contribution in [0, 0.1) is 0 Å². The molecule has 0 unspecified atom stereocenters. The number of aliphatic imine (C=N–C) groups is 1. The lowest BCUT2D eigenvalue weighted by Crippen LogP contribution is -2.37. The Hall–Kier alpha value is -0.660. The highest BCUT2D eigenvalue weighted by Gasteiger charge is 2.33. The summed E-state index contributed by atoms with van der Waals surface area (Å²) in [6, 6.07) is 0. The Morgan fingerprint density at radius 2 is 2.12 bits per heavy atom. The van der Waals surface area contributed by atoms with Crippen molar-refractivity contribution < 1.29 is 22.6 Å². The molecule has 0 saturated carbocycles. The molecule has 0 atom stereocenters. The van der Waals surface area contributed by atoms with Gasteiger partial charge in [0, 0.05) is 38.8 Å². The van der Waals surface area contributed by atoms with Crippen LogP contribution in [-0.4, -0.2) is 50.5 Å². The van der Waals surface area contributed by atoms with Gasteiger partial charge in [-0.3, -0.25) is 4.99 Å². The second-order valence-corrected chi connectivity index (χ2v) is 6.46. The monoisotopic (exact) mass is 508 g/mol. The molecule has 0 amide bonds. The largest absolute Gasteiger partial charge is 0.434 e. The van der Waals surface area contributed by atoms with Crippen LogP contribution in [0.2, 0.25) is 0 Å². The Kier molecular flexibility index (Phi) is 10.7. The summed E-state index contributed by atoms with van der Waals surface area (Å²) in [5.74, 6) is 0.523. The Balaban J connectivity index is 0.00000338. The number of hydrogen-bond donors (Lipinski definition) is 2. The quantitative estimate of drug-likeness (QED) is 0.257. The molecule has 1 saturated heterocycles. The Bertz CT molecular complexity index is 551. The van der Waals surface area contributed by atoms with E-state index in [-0.39, 0.29) is 36.6 Å². The molecule has 0 bridgehead atoms. The number of alkyl halides is 3. The fourth-order valence-electron chi connectivity index (χ4n) is 2.27. The molecule has 1 fully saturated rings. The average Bonchev–Trinajstić information content (AvgIpc) is 3.07. The molecule has 0 aliphatic carbocycles. The summed E-state index contributed by atoms with van der Waals surface area (Å²) in [6.45, 7) is 3.02.